The molecule has 0 N–H and O–H groups in total. The summed E-state index contributed by atoms with van der Waals surface area (Å²) >= 11 is 5.46. The first-order valence-electron chi connectivity index (χ1n) is 12.5. The van der Waals surface area contributed by atoms with Crippen molar-refractivity contribution in [2.24, 2.45) is 0 Å². The Morgan fingerprint density at radius 2 is 1.34 bits per heavy atom. The van der Waals surface area contributed by atoms with Gasteiger partial charge in [-0.15, -0.1) is 11.3 Å². The number of halogens is 1. The lowest BCUT2D eigenvalue weighted by Crippen LogP contribution is -2.10. The Morgan fingerprint density at radius 3 is 2.29 bits per heavy atom. The molecule has 0 amide bonds. The van der Waals surface area contributed by atoms with Gasteiger partial charge < -0.3 is 9.32 Å². The summed E-state index contributed by atoms with van der Waals surface area (Å²) in [5.74, 6) is 0. The molecule has 6 aromatic carbocycles. The zero-order valence-electron chi connectivity index (χ0n) is 20.2. The van der Waals surface area contributed by atoms with Crippen LogP contribution in [0.15, 0.2) is 130 Å². The lowest BCUT2D eigenvalue weighted by Gasteiger charge is -2.26. The Morgan fingerprint density at radius 1 is 0.553 bits per heavy atom. The van der Waals surface area contributed by atoms with Crippen molar-refractivity contribution in [2.75, 3.05) is 4.90 Å². The number of rotatable bonds is 3. The highest BCUT2D eigenvalue weighted by Gasteiger charge is 2.20. The number of anilines is 3. The standard InChI is InChI=1S/C34H20BrNOS/c35-23-13-16-27-29-20-25(15-17-32(29)38-33(27)19-23)36(24-14-12-21-6-1-2-7-22(21)18-24)30-10-5-9-28-26-8-3-4-11-31(26)37-34(28)30/h1-20H. The molecular formula is C34H20BrNOS. The molecule has 2 heterocycles. The minimum Gasteiger partial charge on any atom is -0.454 e. The van der Waals surface area contributed by atoms with Crippen LogP contribution in [0.3, 0.4) is 0 Å². The smallest absolute Gasteiger partial charge is 0.159 e. The number of para-hydroxylation sites is 2. The van der Waals surface area contributed by atoms with E-state index in [1.54, 1.807) is 0 Å². The van der Waals surface area contributed by atoms with Crippen LogP contribution in [0.2, 0.25) is 0 Å². The monoisotopic (exact) mass is 569 g/mol. The lowest BCUT2D eigenvalue weighted by molar-refractivity contribution is 0.669. The highest BCUT2D eigenvalue weighted by molar-refractivity contribution is 9.10. The Bertz CT molecular complexity index is 2170. The first-order chi connectivity index (χ1) is 18.7. The molecule has 0 aliphatic heterocycles. The van der Waals surface area contributed by atoms with Crippen molar-refractivity contribution in [1.29, 1.82) is 0 Å². The molecule has 0 aliphatic carbocycles. The quantitative estimate of drug-likeness (QED) is 0.210. The largest absolute Gasteiger partial charge is 0.454 e. The molecule has 0 saturated carbocycles. The SMILES string of the molecule is Brc1ccc2c(c1)sc1ccc(N(c3ccc4ccccc4c3)c3cccc4c3oc3ccccc34)cc12. The van der Waals surface area contributed by atoms with Gasteiger partial charge in [-0.2, -0.15) is 0 Å². The Labute approximate surface area is 231 Å². The molecule has 0 saturated heterocycles. The second kappa shape index (κ2) is 8.45. The van der Waals surface area contributed by atoms with Gasteiger partial charge in [0, 0.05) is 46.8 Å². The van der Waals surface area contributed by atoms with Crippen molar-refractivity contribution < 1.29 is 4.42 Å². The lowest BCUT2D eigenvalue weighted by atomic mass is 10.1. The summed E-state index contributed by atoms with van der Waals surface area (Å²) in [7, 11) is 0. The molecule has 2 aromatic heterocycles. The van der Waals surface area contributed by atoms with Crippen LogP contribution in [0.1, 0.15) is 0 Å². The summed E-state index contributed by atoms with van der Waals surface area (Å²) in [6.45, 7) is 0. The summed E-state index contributed by atoms with van der Waals surface area (Å²) in [6, 6.07) is 43.2. The molecular weight excluding hydrogens is 550 g/mol. The first kappa shape index (κ1) is 21.9. The Balaban J connectivity index is 1.43. The number of hydrogen-bond acceptors (Lipinski definition) is 3. The summed E-state index contributed by atoms with van der Waals surface area (Å²) in [5.41, 5.74) is 5.01. The average molecular weight is 571 g/mol. The van der Waals surface area contributed by atoms with E-state index in [0.717, 1.165) is 43.5 Å². The second-order valence-electron chi connectivity index (χ2n) is 9.54. The molecule has 0 unspecified atom stereocenters. The third-order valence-electron chi connectivity index (χ3n) is 7.29. The fourth-order valence-corrected chi connectivity index (χ4v) is 7.17. The fourth-order valence-electron chi connectivity index (χ4n) is 5.53. The maximum absolute atomic E-state index is 6.51. The van der Waals surface area contributed by atoms with E-state index in [2.05, 4.69) is 130 Å². The third kappa shape index (κ3) is 3.38. The number of nitrogens with zero attached hydrogens (tertiary/aromatic N) is 1. The van der Waals surface area contributed by atoms with Crippen LogP contribution < -0.4 is 4.90 Å². The van der Waals surface area contributed by atoms with Gasteiger partial charge in [0.25, 0.3) is 0 Å². The normalized spacial score (nSPS) is 11.8. The summed E-state index contributed by atoms with van der Waals surface area (Å²) in [5, 5.41) is 7.22. The average Bonchev–Trinajstić information content (AvgIpc) is 3.51. The van der Waals surface area contributed by atoms with Gasteiger partial charge in [-0.1, -0.05) is 82.7 Å². The molecule has 0 bridgehead atoms. The molecule has 8 aromatic rings. The van der Waals surface area contributed by atoms with E-state index in [9.17, 15) is 0 Å². The minimum absolute atomic E-state index is 0.890. The maximum Gasteiger partial charge on any atom is 0.159 e. The third-order valence-corrected chi connectivity index (χ3v) is 8.92. The molecule has 0 fully saturated rings. The molecule has 0 spiro atoms. The van der Waals surface area contributed by atoms with Gasteiger partial charge >= 0.3 is 0 Å². The fraction of sp³-hybridized carbons (Fsp3) is 0. The van der Waals surface area contributed by atoms with Crippen LogP contribution in [-0.4, -0.2) is 0 Å². The molecule has 0 radical (unpaired) electrons. The van der Waals surface area contributed by atoms with Crippen molar-refractivity contribution in [3.05, 3.63) is 126 Å². The van der Waals surface area contributed by atoms with Gasteiger partial charge in [-0.3, -0.25) is 0 Å². The van der Waals surface area contributed by atoms with Crippen molar-refractivity contribution in [1.82, 2.24) is 0 Å². The van der Waals surface area contributed by atoms with E-state index >= 15 is 0 Å². The van der Waals surface area contributed by atoms with Crippen LogP contribution >= 0.6 is 27.3 Å². The topological polar surface area (TPSA) is 16.4 Å². The van der Waals surface area contributed by atoms with Crippen LogP contribution in [0.5, 0.6) is 0 Å². The molecule has 0 aliphatic rings. The van der Waals surface area contributed by atoms with Gasteiger partial charge in [-0.05, 0) is 65.4 Å². The van der Waals surface area contributed by atoms with Crippen LogP contribution in [-0.2, 0) is 0 Å². The van der Waals surface area contributed by atoms with Crippen molar-refractivity contribution in [2.45, 2.75) is 0 Å². The molecule has 8 rings (SSSR count). The van der Waals surface area contributed by atoms with Crippen molar-refractivity contribution >= 4 is 97.2 Å². The zero-order chi connectivity index (χ0) is 25.2. The number of thiophene rings is 1. The first-order valence-corrected chi connectivity index (χ1v) is 14.1. The van der Waals surface area contributed by atoms with Gasteiger partial charge in [-0.25, -0.2) is 0 Å². The van der Waals surface area contributed by atoms with Gasteiger partial charge in [0.15, 0.2) is 5.58 Å². The highest BCUT2D eigenvalue weighted by atomic mass is 79.9. The highest BCUT2D eigenvalue weighted by Crippen LogP contribution is 2.45. The van der Waals surface area contributed by atoms with E-state index < -0.39 is 0 Å². The van der Waals surface area contributed by atoms with Crippen LogP contribution in [0.4, 0.5) is 17.1 Å². The predicted octanol–water partition coefficient (Wildman–Crippen LogP) is 11.3. The predicted molar refractivity (Wildman–Crippen MR) is 166 cm³/mol. The van der Waals surface area contributed by atoms with E-state index in [-0.39, 0.29) is 0 Å². The van der Waals surface area contributed by atoms with Gasteiger partial charge in [0.05, 0.1) is 5.69 Å². The van der Waals surface area contributed by atoms with E-state index in [1.807, 2.05) is 23.5 Å². The number of furan rings is 1. The van der Waals surface area contributed by atoms with Crippen molar-refractivity contribution in [3.63, 3.8) is 0 Å². The summed E-state index contributed by atoms with van der Waals surface area (Å²) in [6.07, 6.45) is 0. The maximum atomic E-state index is 6.51. The van der Waals surface area contributed by atoms with Crippen molar-refractivity contribution in [3.8, 4) is 0 Å². The number of benzene rings is 6. The minimum atomic E-state index is 0.890. The van der Waals surface area contributed by atoms with Crippen LogP contribution in [0.25, 0.3) is 52.9 Å². The van der Waals surface area contributed by atoms with Gasteiger partial charge in [0.1, 0.15) is 5.58 Å². The number of fused-ring (bicyclic) bond motifs is 7. The molecule has 38 heavy (non-hydrogen) atoms. The summed E-state index contributed by atoms with van der Waals surface area (Å²) in [4.78, 5) is 2.33. The van der Waals surface area contributed by atoms with Crippen LogP contribution in [0, 0.1) is 0 Å². The Kier molecular flexibility index (Phi) is 4.87. The van der Waals surface area contributed by atoms with E-state index in [1.165, 1.54) is 30.9 Å². The summed E-state index contributed by atoms with van der Waals surface area (Å²) < 4.78 is 10.2. The zero-order valence-corrected chi connectivity index (χ0v) is 22.6. The second-order valence-corrected chi connectivity index (χ2v) is 11.5. The molecule has 180 valence electrons. The van der Waals surface area contributed by atoms with E-state index in [0.29, 0.717) is 0 Å². The van der Waals surface area contributed by atoms with Gasteiger partial charge in [0.2, 0.25) is 0 Å². The Hall–Kier alpha value is -4.12. The van der Waals surface area contributed by atoms with E-state index in [4.69, 9.17) is 4.42 Å². The molecule has 2 nitrogen and oxygen atoms in total. The molecule has 0 atom stereocenters. The molecule has 4 heteroatoms. The number of hydrogen-bond donors (Lipinski definition) is 0.